The van der Waals surface area contributed by atoms with Gasteiger partial charge >= 0.3 is 11.9 Å². The van der Waals surface area contributed by atoms with Gasteiger partial charge in [0.25, 0.3) is 5.91 Å². The predicted octanol–water partition coefficient (Wildman–Crippen LogP) is 2.12. The average Bonchev–Trinajstić information content (AvgIpc) is 3.23. The van der Waals surface area contributed by atoms with Gasteiger partial charge in [0, 0.05) is 0 Å². The summed E-state index contributed by atoms with van der Waals surface area (Å²) in [4.78, 5) is 36.5. The van der Waals surface area contributed by atoms with Crippen LogP contribution in [-0.4, -0.2) is 58.0 Å². The molecule has 1 atom stereocenters. The number of hydrogen-bond acceptors (Lipinski definition) is 9. The monoisotopic (exact) mass is 486 g/mol. The highest BCUT2D eigenvalue weighted by Gasteiger charge is 2.27. The molecule has 31 heavy (non-hydrogen) atoms. The summed E-state index contributed by atoms with van der Waals surface area (Å²) in [6.45, 7) is -0.641. The summed E-state index contributed by atoms with van der Waals surface area (Å²) in [5.74, 6) is -1.65. The molecule has 0 aliphatic carbocycles. The second-order valence-corrected chi connectivity index (χ2v) is 9.69. The number of hydrogen-bond donors (Lipinski definition) is 2. The fourth-order valence-electron chi connectivity index (χ4n) is 2.40. The molecule has 0 fully saturated rings. The van der Waals surface area contributed by atoms with Crippen LogP contribution >= 0.6 is 23.1 Å². The predicted molar refractivity (Wildman–Crippen MR) is 119 cm³/mol. The van der Waals surface area contributed by atoms with Gasteiger partial charge in [0.2, 0.25) is 10.0 Å². The molecule has 12 heteroatoms. The Kier molecular flexibility index (Phi) is 9.49. The highest BCUT2D eigenvalue weighted by molar-refractivity contribution is 7.98. The molecule has 1 aromatic heterocycles. The first-order chi connectivity index (χ1) is 14.8. The molecule has 168 valence electrons. The van der Waals surface area contributed by atoms with Gasteiger partial charge in [-0.25, -0.2) is 13.2 Å². The third-order valence-corrected chi connectivity index (χ3v) is 6.93. The summed E-state index contributed by atoms with van der Waals surface area (Å²) in [6, 6.07) is 8.00. The summed E-state index contributed by atoms with van der Waals surface area (Å²) in [5.41, 5.74) is 0.238. The van der Waals surface area contributed by atoms with Crippen LogP contribution in [-0.2, 0) is 29.1 Å². The molecule has 1 unspecified atom stereocenters. The number of amides is 1. The standard InChI is InChI=1S/C19H22N2O7S3/c1-27-19(24)17-14(9-11-30-17)20-16(22)12-28-18(23)15(8-10-29-2)21-31(25,26)13-6-4-3-5-7-13/h3-7,9,11,15,21H,8,10,12H2,1-2H3,(H,20,22). The smallest absolute Gasteiger partial charge is 0.350 e. The fourth-order valence-corrected chi connectivity index (χ4v) is 4.87. The maximum atomic E-state index is 12.5. The number of thioether (sulfide) groups is 1. The van der Waals surface area contributed by atoms with Gasteiger partial charge in [-0.1, -0.05) is 18.2 Å². The summed E-state index contributed by atoms with van der Waals surface area (Å²) >= 11 is 2.53. The van der Waals surface area contributed by atoms with Crippen LogP contribution in [0.5, 0.6) is 0 Å². The molecule has 0 bridgehead atoms. The SMILES string of the molecule is COC(=O)c1sccc1NC(=O)COC(=O)C(CCSC)NS(=O)(=O)c1ccccc1. The van der Waals surface area contributed by atoms with E-state index in [9.17, 15) is 22.8 Å². The normalized spacial score (nSPS) is 12.1. The van der Waals surface area contributed by atoms with Crippen molar-refractivity contribution >= 4 is 56.7 Å². The van der Waals surface area contributed by atoms with Gasteiger partial charge in [-0.2, -0.15) is 16.5 Å². The Morgan fingerprint density at radius 3 is 2.52 bits per heavy atom. The van der Waals surface area contributed by atoms with Crippen LogP contribution in [0.3, 0.4) is 0 Å². The third-order valence-electron chi connectivity index (χ3n) is 3.90. The van der Waals surface area contributed by atoms with Crippen LogP contribution in [0.1, 0.15) is 16.1 Å². The van der Waals surface area contributed by atoms with E-state index in [2.05, 4.69) is 14.8 Å². The molecule has 0 spiro atoms. The molecule has 2 rings (SSSR count). The van der Waals surface area contributed by atoms with Crippen LogP contribution in [0.25, 0.3) is 0 Å². The number of esters is 2. The highest BCUT2D eigenvalue weighted by atomic mass is 32.2. The van der Waals surface area contributed by atoms with Crippen LogP contribution in [0.15, 0.2) is 46.7 Å². The van der Waals surface area contributed by atoms with Gasteiger partial charge in [-0.15, -0.1) is 11.3 Å². The molecule has 0 saturated carbocycles. The maximum Gasteiger partial charge on any atom is 0.350 e. The number of carbonyl (C=O) groups is 3. The van der Waals surface area contributed by atoms with Crippen molar-refractivity contribution in [3.05, 3.63) is 46.7 Å². The lowest BCUT2D eigenvalue weighted by atomic mass is 10.2. The molecule has 0 radical (unpaired) electrons. The Balaban J connectivity index is 2.00. The molecule has 9 nitrogen and oxygen atoms in total. The lowest BCUT2D eigenvalue weighted by Crippen LogP contribution is -2.43. The van der Waals surface area contributed by atoms with Gasteiger partial charge in [-0.05, 0) is 42.0 Å². The van der Waals surface area contributed by atoms with Crippen molar-refractivity contribution in [3.8, 4) is 0 Å². The zero-order chi connectivity index (χ0) is 22.9. The molecule has 2 N–H and O–H groups in total. The number of rotatable bonds is 11. The molecule has 1 amide bonds. The summed E-state index contributed by atoms with van der Waals surface area (Å²) in [6.07, 6.45) is 2.01. The fraction of sp³-hybridized carbons (Fsp3) is 0.316. The number of nitrogens with one attached hydrogen (secondary N) is 2. The first kappa shape index (κ1) is 24.9. The van der Waals surface area contributed by atoms with E-state index < -0.39 is 40.5 Å². The molecule has 0 saturated heterocycles. The van der Waals surface area contributed by atoms with E-state index in [-0.39, 0.29) is 21.9 Å². The van der Waals surface area contributed by atoms with Crippen LogP contribution in [0, 0.1) is 0 Å². The Labute approximate surface area is 188 Å². The van der Waals surface area contributed by atoms with Crippen molar-refractivity contribution in [2.75, 3.05) is 31.0 Å². The number of ether oxygens (including phenoxy) is 2. The summed E-state index contributed by atoms with van der Waals surface area (Å²) in [5, 5.41) is 4.07. The number of sulfonamides is 1. The minimum absolute atomic E-state index is 0.0162. The van der Waals surface area contributed by atoms with Crippen LogP contribution in [0.4, 0.5) is 5.69 Å². The van der Waals surface area contributed by atoms with Gasteiger partial charge in [0.1, 0.15) is 10.9 Å². The third kappa shape index (κ3) is 7.35. The molecule has 1 heterocycles. The van der Waals surface area contributed by atoms with Gasteiger partial charge < -0.3 is 14.8 Å². The van der Waals surface area contributed by atoms with E-state index in [1.165, 1.54) is 37.1 Å². The maximum absolute atomic E-state index is 12.5. The molecule has 1 aromatic carbocycles. The van der Waals surface area contributed by atoms with Gasteiger partial charge in [0.15, 0.2) is 6.61 Å². The quantitative estimate of drug-likeness (QED) is 0.462. The number of methoxy groups -OCH3 is 1. The minimum atomic E-state index is -3.94. The number of benzene rings is 1. The van der Waals surface area contributed by atoms with Crippen molar-refractivity contribution in [2.45, 2.75) is 17.4 Å². The zero-order valence-electron chi connectivity index (χ0n) is 16.8. The van der Waals surface area contributed by atoms with E-state index in [1.807, 2.05) is 6.26 Å². The number of carbonyl (C=O) groups excluding carboxylic acids is 3. The second-order valence-electron chi connectivity index (χ2n) is 6.08. The van der Waals surface area contributed by atoms with Crippen molar-refractivity contribution < 1.29 is 32.3 Å². The number of anilines is 1. The highest BCUT2D eigenvalue weighted by Crippen LogP contribution is 2.23. The second kappa shape index (κ2) is 11.8. The first-order valence-corrected chi connectivity index (χ1v) is 12.7. The van der Waals surface area contributed by atoms with E-state index >= 15 is 0 Å². The largest absolute Gasteiger partial charge is 0.465 e. The Morgan fingerprint density at radius 2 is 1.87 bits per heavy atom. The molecule has 0 aliphatic rings. The van der Waals surface area contributed by atoms with Crippen molar-refractivity contribution in [1.82, 2.24) is 4.72 Å². The van der Waals surface area contributed by atoms with Crippen molar-refractivity contribution in [3.63, 3.8) is 0 Å². The van der Waals surface area contributed by atoms with Crippen molar-refractivity contribution in [1.29, 1.82) is 0 Å². The Hall–Kier alpha value is -2.41. The summed E-state index contributed by atoms with van der Waals surface area (Å²) < 4.78 is 37.1. The molecular formula is C19H22N2O7S3. The lowest BCUT2D eigenvalue weighted by molar-refractivity contribution is -0.149. The number of thiophene rings is 1. The van der Waals surface area contributed by atoms with Gasteiger partial charge in [0.05, 0.1) is 17.7 Å². The molecular weight excluding hydrogens is 464 g/mol. The van der Waals surface area contributed by atoms with Gasteiger partial charge in [-0.3, -0.25) is 9.59 Å². The van der Waals surface area contributed by atoms with E-state index in [0.717, 1.165) is 11.3 Å². The van der Waals surface area contributed by atoms with Crippen LogP contribution in [0.2, 0.25) is 0 Å². The molecule has 2 aromatic rings. The van der Waals surface area contributed by atoms with Crippen LogP contribution < -0.4 is 10.0 Å². The Morgan fingerprint density at radius 1 is 1.16 bits per heavy atom. The summed E-state index contributed by atoms with van der Waals surface area (Å²) in [7, 11) is -2.72. The topological polar surface area (TPSA) is 128 Å². The van der Waals surface area contributed by atoms with Crippen molar-refractivity contribution in [2.24, 2.45) is 0 Å². The minimum Gasteiger partial charge on any atom is -0.465 e. The average molecular weight is 487 g/mol. The van der Waals surface area contributed by atoms with E-state index in [1.54, 1.807) is 23.6 Å². The Bertz CT molecular complexity index is 1010. The molecule has 0 aliphatic heterocycles. The van der Waals surface area contributed by atoms with E-state index in [0.29, 0.717) is 5.75 Å². The zero-order valence-corrected chi connectivity index (χ0v) is 19.3. The first-order valence-electron chi connectivity index (χ1n) is 8.97. The van der Waals surface area contributed by atoms with E-state index in [4.69, 9.17) is 4.74 Å². The lowest BCUT2D eigenvalue weighted by Gasteiger charge is -2.17.